The highest BCUT2D eigenvalue weighted by molar-refractivity contribution is 5.96. The molecule has 2 amide bonds. The van der Waals surface area contributed by atoms with Gasteiger partial charge in [-0.15, -0.1) is 0 Å². The lowest BCUT2D eigenvalue weighted by Gasteiger charge is -2.26. The number of rotatable bonds is 1. The third-order valence-electron chi connectivity index (χ3n) is 2.19. The molecule has 1 aromatic rings. The number of nitrogens with zero attached hydrogens (tertiary/aromatic N) is 2. The molecule has 1 aromatic heterocycles. The molecule has 0 aliphatic carbocycles. The van der Waals surface area contributed by atoms with Gasteiger partial charge in [-0.25, -0.2) is 0 Å². The van der Waals surface area contributed by atoms with E-state index < -0.39 is 0 Å². The summed E-state index contributed by atoms with van der Waals surface area (Å²) in [5, 5.41) is 2.66. The number of aromatic nitrogens is 1. The quantitative estimate of drug-likeness (QED) is 0.668. The summed E-state index contributed by atoms with van der Waals surface area (Å²) < 4.78 is 0. The van der Waals surface area contributed by atoms with Crippen LogP contribution in [0.1, 0.15) is 10.4 Å². The van der Waals surface area contributed by atoms with E-state index in [1.165, 1.54) is 11.1 Å². The van der Waals surface area contributed by atoms with Crippen LogP contribution < -0.4 is 5.32 Å². The van der Waals surface area contributed by atoms with Crippen LogP contribution in [0.15, 0.2) is 18.3 Å². The largest absolute Gasteiger partial charge is 0.353 e. The van der Waals surface area contributed by atoms with Crippen LogP contribution in [0.5, 0.6) is 0 Å². The molecule has 1 radical (unpaired) electrons. The zero-order valence-corrected chi connectivity index (χ0v) is 8.06. The molecule has 0 saturated carbocycles. The molecule has 2 heterocycles. The normalized spacial score (nSPS) is 16.0. The predicted molar refractivity (Wildman–Crippen MR) is 52.0 cm³/mol. The summed E-state index contributed by atoms with van der Waals surface area (Å²) in [6.45, 7) is 1.18. The van der Waals surface area contributed by atoms with Crippen molar-refractivity contribution in [3.05, 3.63) is 30.1 Å². The van der Waals surface area contributed by atoms with Crippen molar-refractivity contribution in [3.8, 4) is 0 Å². The standard InChI is InChI=1S/C10H10N3O2/c14-9-7-13(5-4-12-9)10(15)8-2-1-3-11-6-8/h1-2,6H,4-5,7H2,(H,12,14). The van der Waals surface area contributed by atoms with Crippen molar-refractivity contribution in [1.29, 1.82) is 0 Å². The molecule has 1 saturated heterocycles. The van der Waals surface area contributed by atoms with Gasteiger partial charge in [0.15, 0.2) is 0 Å². The van der Waals surface area contributed by atoms with Crippen LogP contribution in [0, 0.1) is 6.20 Å². The van der Waals surface area contributed by atoms with E-state index in [-0.39, 0.29) is 18.4 Å². The summed E-state index contributed by atoms with van der Waals surface area (Å²) in [4.78, 5) is 28.2. The van der Waals surface area contributed by atoms with Crippen LogP contribution in [0.4, 0.5) is 0 Å². The van der Waals surface area contributed by atoms with E-state index in [0.29, 0.717) is 18.7 Å². The van der Waals surface area contributed by atoms with Gasteiger partial charge in [0.1, 0.15) is 0 Å². The Bertz CT molecular complexity index is 378. The van der Waals surface area contributed by atoms with Gasteiger partial charge in [-0.1, -0.05) is 0 Å². The maximum atomic E-state index is 11.8. The van der Waals surface area contributed by atoms with E-state index in [1.807, 2.05) is 0 Å². The number of hydrogen-bond donors (Lipinski definition) is 1. The molecule has 0 atom stereocenters. The lowest BCUT2D eigenvalue weighted by molar-refractivity contribution is -0.123. The molecule has 1 fully saturated rings. The molecule has 15 heavy (non-hydrogen) atoms. The first-order valence-electron chi connectivity index (χ1n) is 4.65. The topological polar surface area (TPSA) is 62.3 Å². The van der Waals surface area contributed by atoms with Crippen LogP contribution in [0.3, 0.4) is 0 Å². The monoisotopic (exact) mass is 204 g/mol. The Hall–Kier alpha value is -1.91. The third-order valence-corrected chi connectivity index (χ3v) is 2.19. The molecule has 1 aliphatic rings. The Balaban J connectivity index is 2.11. The van der Waals surface area contributed by atoms with Crippen LogP contribution >= 0.6 is 0 Å². The molecule has 5 nitrogen and oxygen atoms in total. The van der Waals surface area contributed by atoms with Gasteiger partial charge in [-0.3, -0.25) is 14.6 Å². The molecule has 77 valence electrons. The lowest BCUT2D eigenvalue weighted by Crippen LogP contribution is -2.49. The second kappa shape index (κ2) is 4.08. The van der Waals surface area contributed by atoms with E-state index in [0.717, 1.165) is 0 Å². The van der Waals surface area contributed by atoms with Crippen molar-refractivity contribution in [3.63, 3.8) is 0 Å². The van der Waals surface area contributed by atoms with Gasteiger partial charge in [0.25, 0.3) is 5.91 Å². The van der Waals surface area contributed by atoms with Gasteiger partial charge in [0, 0.05) is 19.3 Å². The van der Waals surface area contributed by atoms with Gasteiger partial charge in [0.05, 0.1) is 18.3 Å². The number of carbonyl (C=O) groups is 2. The molecule has 2 rings (SSSR count). The van der Waals surface area contributed by atoms with Crippen molar-refractivity contribution in [2.24, 2.45) is 0 Å². The molecule has 0 spiro atoms. The first kappa shape index (κ1) is 9.64. The zero-order valence-electron chi connectivity index (χ0n) is 8.06. The summed E-state index contributed by atoms with van der Waals surface area (Å²) >= 11 is 0. The molecule has 1 N–H and O–H groups in total. The fraction of sp³-hybridized carbons (Fsp3) is 0.300. The minimum absolute atomic E-state index is 0.120. The van der Waals surface area contributed by atoms with Crippen LogP contribution in [-0.4, -0.2) is 41.3 Å². The second-order valence-corrected chi connectivity index (χ2v) is 3.25. The summed E-state index contributed by atoms with van der Waals surface area (Å²) in [5.74, 6) is -0.281. The molecule has 0 aromatic carbocycles. The molecular weight excluding hydrogens is 194 g/mol. The number of pyridine rings is 1. The van der Waals surface area contributed by atoms with Crippen molar-refractivity contribution < 1.29 is 9.59 Å². The highest BCUT2D eigenvalue weighted by atomic mass is 16.2. The Morgan fingerprint density at radius 1 is 1.60 bits per heavy atom. The zero-order chi connectivity index (χ0) is 10.7. The van der Waals surface area contributed by atoms with Crippen molar-refractivity contribution in [2.45, 2.75) is 0 Å². The molecular formula is C10H10N3O2. The minimum Gasteiger partial charge on any atom is -0.353 e. The fourth-order valence-electron chi connectivity index (χ4n) is 1.44. The predicted octanol–water partition coefficient (Wildman–Crippen LogP) is -0.546. The van der Waals surface area contributed by atoms with Gasteiger partial charge in [-0.05, 0) is 12.1 Å². The molecule has 5 heteroatoms. The Labute approximate surface area is 87.1 Å². The first-order valence-corrected chi connectivity index (χ1v) is 4.65. The maximum absolute atomic E-state index is 11.8. The van der Waals surface area contributed by atoms with E-state index in [9.17, 15) is 9.59 Å². The molecule has 0 unspecified atom stereocenters. The van der Waals surface area contributed by atoms with Crippen molar-refractivity contribution in [2.75, 3.05) is 19.6 Å². The van der Waals surface area contributed by atoms with Gasteiger partial charge in [0.2, 0.25) is 5.91 Å². The average Bonchev–Trinajstić information content (AvgIpc) is 2.29. The van der Waals surface area contributed by atoms with E-state index in [4.69, 9.17) is 0 Å². The third kappa shape index (κ3) is 2.12. The molecule has 1 aliphatic heterocycles. The average molecular weight is 204 g/mol. The number of amides is 2. The highest BCUT2D eigenvalue weighted by Gasteiger charge is 2.21. The van der Waals surface area contributed by atoms with E-state index in [2.05, 4.69) is 16.5 Å². The van der Waals surface area contributed by atoms with E-state index >= 15 is 0 Å². The van der Waals surface area contributed by atoms with Crippen molar-refractivity contribution in [1.82, 2.24) is 15.2 Å². The van der Waals surface area contributed by atoms with E-state index in [1.54, 1.807) is 12.1 Å². The Morgan fingerprint density at radius 2 is 2.47 bits per heavy atom. The smallest absolute Gasteiger partial charge is 0.255 e. The van der Waals surface area contributed by atoms with Crippen molar-refractivity contribution >= 4 is 11.8 Å². The van der Waals surface area contributed by atoms with Gasteiger partial charge >= 0.3 is 0 Å². The summed E-state index contributed by atoms with van der Waals surface area (Å²) in [7, 11) is 0. The maximum Gasteiger partial charge on any atom is 0.255 e. The van der Waals surface area contributed by atoms with Crippen LogP contribution in [0.25, 0.3) is 0 Å². The summed E-state index contributed by atoms with van der Waals surface area (Å²) in [5.41, 5.74) is 0.489. The number of carbonyl (C=O) groups excluding carboxylic acids is 2. The SMILES string of the molecule is O=C1CN(C(=O)c2cc[c]nc2)CCN1. The summed E-state index contributed by atoms with van der Waals surface area (Å²) in [6.07, 6.45) is 4.05. The number of hydrogen-bond acceptors (Lipinski definition) is 3. The van der Waals surface area contributed by atoms with Crippen LogP contribution in [0.2, 0.25) is 0 Å². The Morgan fingerprint density at radius 3 is 3.13 bits per heavy atom. The fourth-order valence-corrected chi connectivity index (χ4v) is 1.44. The lowest BCUT2D eigenvalue weighted by atomic mass is 10.2. The highest BCUT2D eigenvalue weighted by Crippen LogP contribution is 2.04. The van der Waals surface area contributed by atoms with Gasteiger partial charge in [-0.2, -0.15) is 0 Å². The molecule has 0 bridgehead atoms. The Kier molecular flexibility index (Phi) is 2.62. The first-order chi connectivity index (χ1) is 7.27. The number of nitrogens with one attached hydrogen (secondary N) is 1. The van der Waals surface area contributed by atoms with Gasteiger partial charge < -0.3 is 10.2 Å². The minimum atomic E-state index is -0.161. The summed E-state index contributed by atoms with van der Waals surface area (Å²) in [6, 6.07) is 3.22. The number of piperazine rings is 1. The second-order valence-electron chi connectivity index (χ2n) is 3.25. The van der Waals surface area contributed by atoms with Crippen LogP contribution in [-0.2, 0) is 4.79 Å².